The summed E-state index contributed by atoms with van der Waals surface area (Å²) >= 11 is 4.00. The molecule has 2 aliphatic rings. The molecule has 4 aromatic carbocycles. The Kier molecular flexibility index (Phi) is 5.51. The molecule has 4 aromatic rings. The molecule has 0 spiro atoms. The normalized spacial score (nSPS) is 19.7. The van der Waals surface area contributed by atoms with Gasteiger partial charge in [-0.15, -0.1) is 0 Å². The van der Waals surface area contributed by atoms with Crippen molar-refractivity contribution in [2.24, 2.45) is 0 Å². The molecule has 0 radical (unpaired) electrons. The standard InChI is InChI=1S/C29H28N2S2/c1-3-30-26(32-24-18-16-20-10-5-7-12-22(20)28(24)30)14-9-15-27-31(4-2)29-23-13-8-6-11-21(23)17-19-25(29)33-27/h5-14,16-19,26-27H,3-4,15H2,1-2H3. The first kappa shape index (κ1) is 21.0. The quantitative estimate of drug-likeness (QED) is 0.272. The van der Waals surface area contributed by atoms with Crippen LogP contribution < -0.4 is 9.80 Å². The minimum atomic E-state index is 0.362. The molecule has 2 aliphatic heterocycles. The van der Waals surface area contributed by atoms with E-state index in [1.807, 2.05) is 23.5 Å². The predicted octanol–water partition coefficient (Wildman–Crippen LogP) is 8.16. The van der Waals surface area contributed by atoms with Crippen LogP contribution in [0.1, 0.15) is 20.3 Å². The summed E-state index contributed by atoms with van der Waals surface area (Å²) in [4.78, 5) is 7.96. The second-order valence-electron chi connectivity index (χ2n) is 8.58. The largest absolute Gasteiger partial charge is 0.358 e. The van der Waals surface area contributed by atoms with Crippen LogP contribution in [0.25, 0.3) is 21.5 Å². The van der Waals surface area contributed by atoms with E-state index in [-0.39, 0.29) is 0 Å². The SMILES string of the molecule is CCN1c2c(ccc3ccccc23)SC1C=CCC1Sc2ccc3ccccc3c2N1CC. The number of anilines is 2. The van der Waals surface area contributed by atoms with Crippen molar-refractivity contribution in [3.8, 4) is 0 Å². The van der Waals surface area contributed by atoms with Crippen LogP contribution in [0.3, 0.4) is 0 Å². The first-order valence-electron chi connectivity index (χ1n) is 11.8. The van der Waals surface area contributed by atoms with Gasteiger partial charge in [-0.3, -0.25) is 0 Å². The molecule has 166 valence electrons. The predicted molar refractivity (Wildman–Crippen MR) is 147 cm³/mol. The number of hydrogen-bond acceptors (Lipinski definition) is 4. The van der Waals surface area contributed by atoms with Crippen molar-refractivity contribution in [3.63, 3.8) is 0 Å². The number of benzene rings is 4. The van der Waals surface area contributed by atoms with Gasteiger partial charge in [-0.1, -0.05) is 96.3 Å². The molecule has 0 aromatic heterocycles. The van der Waals surface area contributed by atoms with Crippen molar-refractivity contribution in [1.29, 1.82) is 0 Å². The third kappa shape index (κ3) is 3.51. The van der Waals surface area contributed by atoms with Crippen molar-refractivity contribution >= 4 is 56.4 Å². The molecule has 6 rings (SSSR count). The number of nitrogens with zero attached hydrogens (tertiary/aromatic N) is 2. The highest BCUT2D eigenvalue weighted by molar-refractivity contribution is 8.01. The summed E-state index contributed by atoms with van der Waals surface area (Å²) in [5.74, 6) is 0. The lowest BCUT2D eigenvalue weighted by atomic mass is 10.1. The molecule has 0 saturated heterocycles. The summed E-state index contributed by atoms with van der Waals surface area (Å²) in [6.45, 7) is 6.59. The van der Waals surface area contributed by atoms with E-state index in [1.165, 1.54) is 42.7 Å². The molecule has 0 fully saturated rings. The fourth-order valence-corrected chi connectivity index (χ4v) is 7.94. The molecule has 0 saturated carbocycles. The maximum Gasteiger partial charge on any atom is 0.0982 e. The minimum Gasteiger partial charge on any atom is -0.358 e. The van der Waals surface area contributed by atoms with Crippen LogP contribution in [-0.4, -0.2) is 23.8 Å². The summed E-state index contributed by atoms with van der Waals surface area (Å²) in [7, 11) is 0. The lowest BCUT2D eigenvalue weighted by molar-refractivity contribution is 0.786. The zero-order chi connectivity index (χ0) is 22.4. The Balaban J connectivity index is 1.24. The van der Waals surface area contributed by atoms with E-state index < -0.39 is 0 Å². The molecule has 2 heterocycles. The highest BCUT2D eigenvalue weighted by Gasteiger charge is 2.31. The number of fused-ring (bicyclic) bond motifs is 6. The van der Waals surface area contributed by atoms with Gasteiger partial charge in [-0.2, -0.15) is 0 Å². The van der Waals surface area contributed by atoms with Crippen LogP contribution in [0, 0.1) is 0 Å². The third-order valence-electron chi connectivity index (χ3n) is 6.79. The number of thioether (sulfide) groups is 2. The number of likely N-dealkylation sites (N-methyl/N-ethyl adjacent to an activating group) is 1. The van der Waals surface area contributed by atoms with E-state index >= 15 is 0 Å². The monoisotopic (exact) mass is 468 g/mol. The van der Waals surface area contributed by atoms with Crippen LogP contribution >= 0.6 is 23.5 Å². The molecule has 0 aliphatic carbocycles. The Labute approximate surface area is 204 Å². The Morgan fingerprint density at radius 2 is 1.27 bits per heavy atom. The topological polar surface area (TPSA) is 6.48 Å². The molecule has 0 amide bonds. The fourth-order valence-electron chi connectivity index (χ4n) is 5.26. The lowest BCUT2D eigenvalue weighted by Crippen LogP contribution is -2.29. The van der Waals surface area contributed by atoms with Crippen LogP contribution in [0.5, 0.6) is 0 Å². The average Bonchev–Trinajstić information content (AvgIpc) is 3.41. The fraction of sp³-hybridized carbons (Fsp3) is 0.241. The van der Waals surface area contributed by atoms with E-state index in [0.717, 1.165) is 19.5 Å². The highest BCUT2D eigenvalue weighted by Crippen LogP contribution is 2.49. The molecular weight excluding hydrogens is 440 g/mol. The van der Waals surface area contributed by atoms with Gasteiger partial charge >= 0.3 is 0 Å². The zero-order valence-electron chi connectivity index (χ0n) is 19.1. The van der Waals surface area contributed by atoms with E-state index in [2.05, 4.69) is 109 Å². The molecule has 33 heavy (non-hydrogen) atoms. The van der Waals surface area contributed by atoms with Crippen molar-refractivity contribution in [1.82, 2.24) is 0 Å². The summed E-state index contributed by atoms with van der Waals surface area (Å²) in [6.07, 6.45) is 5.90. The van der Waals surface area contributed by atoms with Gasteiger partial charge in [0.05, 0.1) is 22.1 Å². The first-order valence-corrected chi connectivity index (χ1v) is 13.6. The van der Waals surface area contributed by atoms with Crippen molar-refractivity contribution in [2.75, 3.05) is 22.9 Å². The molecular formula is C29H28N2S2. The zero-order valence-corrected chi connectivity index (χ0v) is 20.7. The maximum atomic E-state index is 2.59. The Morgan fingerprint density at radius 3 is 1.91 bits per heavy atom. The summed E-state index contributed by atoms with van der Waals surface area (Å²) < 4.78 is 0. The van der Waals surface area contributed by atoms with Crippen LogP contribution in [-0.2, 0) is 0 Å². The Morgan fingerprint density at radius 1 is 0.697 bits per heavy atom. The first-order chi connectivity index (χ1) is 16.3. The minimum absolute atomic E-state index is 0.362. The summed E-state index contributed by atoms with van der Waals surface area (Å²) in [5.41, 5.74) is 2.82. The van der Waals surface area contributed by atoms with Crippen molar-refractivity contribution in [2.45, 2.75) is 40.8 Å². The third-order valence-corrected chi connectivity index (χ3v) is 9.33. The summed E-state index contributed by atoms with van der Waals surface area (Å²) in [6, 6.07) is 26.7. The van der Waals surface area contributed by atoms with E-state index in [4.69, 9.17) is 0 Å². The number of hydrogen-bond donors (Lipinski definition) is 0. The van der Waals surface area contributed by atoms with Crippen molar-refractivity contribution in [3.05, 3.63) is 84.9 Å². The molecule has 2 unspecified atom stereocenters. The van der Waals surface area contributed by atoms with Crippen LogP contribution in [0.2, 0.25) is 0 Å². The molecule has 4 heteroatoms. The smallest absolute Gasteiger partial charge is 0.0982 e. The van der Waals surface area contributed by atoms with Gasteiger partial charge < -0.3 is 9.80 Å². The number of rotatable bonds is 5. The molecule has 2 nitrogen and oxygen atoms in total. The van der Waals surface area contributed by atoms with E-state index in [1.54, 1.807) is 0 Å². The highest BCUT2D eigenvalue weighted by atomic mass is 32.2. The van der Waals surface area contributed by atoms with Crippen molar-refractivity contribution < 1.29 is 0 Å². The average molecular weight is 469 g/mol. The van der Waals surface area contributed by atoms with Gasteiger partial charge in [0, 0.05) is 33.7 Å². The second-order valence-corrected chi connectivity index (χ2v) is 11.0. The Hall–Kier alpha value is -2.56. The van der Waals surface area contributed by atoms with E-state index in [9.17, 15) is 0 Å². The van der Waals surface area contributed by atoms with Crippen LogP contribution in [0.4, 0.5) is 11.4 Å². The lowest BCUT2D eigenvalue weighted by Gasteiger charge is -2.26. The Bertz CT molecular complexity index is 1360. The van der Waals surface area contributed by atoms with Gasteiger partial charge in [0.15, 0.2) is 0 Å². The molecule has 0 bridgehead atoms. The van der Waals surface area contributed by atoms with Gasteiger partial charge in [0.25, 0.3) is 0 Å². The summed E-state index contributed by atoms with van der Waals surface area (Å²) in [5, 5.41) is 6.22. The van der Waals surface area contributed by atoms with Gasteiger partial charge in [-0.05, 0) is 43.2 Å². The van der Waals surface area contributed by atoms with E-state index in [0.29, 0.717) is 10.7 Å². The molecule has 0 N–H and O–H groups in total. The van der Waals surface area contributed by atoms with Gasteiger partial charge in [-0.25, -0.2) is 0 Å². The molecule has 2 atom stereocenters. The van der Waals surface area contributed by atoms with Gasteiger partial charge in [0.2, 0.25) is 0 Å². The van der Waals surface area contributed by atoms with Gasteiger partial charge in [0.1, 0.15) is 0 Å². The maximum absolute atomic E-state index is 2.59. The van der Waals surface area contributed by atoms with Crippen LogP contribution in [0.15, 0.2) is 94.7 Å². The second kappa shape index (κ2) is 8.66.